The van der Waals surface area contributed by atoms with E-state index in [4.69, 9.17) is 11.6 Å². The number of carbonyl (C=O) groups excluding carboxylic acids is 1. The first-order valence-electron chi connectivity index (χ1n) is 7.20. The van der Waals surface area contributed by atoms with Crippen LogP contribution in [0.2, 0.25) is 5.02 Å². The fourth-order valence-corrected chi connectivity index (χ4v) is 2.74. The predicted octanol–water partition coefficient (Wildman–Crippen LogP) is 3.14. The maximum Gasteiger partial charge on any atom is 0.319 e. The molecule has 1 atom stereocenters. The number of aromatic nitrogens is 1. The number of anilines is 2. The van der Waals surface area contributed by atoms with Crippen LogP contribution in [0.5, 0.6) is 0 Å². The average Bonchev–Trinajstić information content (AvgIpc) is 2.96. The van der Waals surface area contributed by atoms with E-state index in [1.54, 1.807) is 30.5 Å². The summed E-state index contributed by atoms with van der Waals surface area (Å²) in [5, 5.41) is 6.38. The number of nitrogens with zero attached hydrogens (tertiary/aromatic N) is 2. The van der Waals surface area contributed by atoms with Crippen LogP contribution in [0, 0.1) is 0 Å². The molecule has 0 saturated carbocycles. The third kappa shape index (κ3) is 3.68. The Kier molecular flexibility index (Phi) is 4.44. The minimum atomic E-state index is -0.213. The monoisotopic (exact) mass is 316 g/mol. The fraction of sp³-hybridized carbons (Fsp3) is 0.250. The number of benzene rings is 1. The van der Waals surface area contributed by atoms with E-state index >= 15 is 0 Å². The summed E-state index contributed by atoms with van der Waals surface area (Å²) >= 11 is 5.90. The van der Waals surface area contributed by atoms with Gasteiger partial charge in [0, 0.05) is 36.0 Å². The van der Waals surface area contributed by atoms with Crippen molar-refractivity contribution in [3.8, 4) is 0 Å². The highest BCUT2D eigenvalue weighted by Gasteiger charge is 2.24. The van der Waals surface area contributed by atoms with Crippen LogP contribution in [0.4, 0.5) is 16.3 Å². The Morgan fingerprint density at radius 2 is 2.18 bits per heavy atom. The summed E-state index contributed by atoms with van der Waals surface area (Å²) < 4.78 is 0. The maximum absolute atomic E-state index is 12.0. The van der Waals surface area contributed by atoms with Gasteiger partial charge in [-0.25, -0.2) is 9.78 Å². The van der Waals surface area contributed by atoms with E-state index in [-0.39, 0.29) is 12.1 Å². The molecular formula is C16H17ClN4O. The summed E-state index contributed by atoms with van der Waals surface area (Å²) in [6.07, 6.45) is 2.68. The number of hydrogen-bond donors (Lipinski definition) is 2. The van der Waals surface area contributed by atoms with Crippen molar-refractivity contribution in [2.24, 2.45) is 0 Å². The number of nitrogens with one attached hydrogen (secondary N) is 2. The fourth-order valence-electron chi connectivity index (χ4n) is 2.55. The van der Waals surface area contributed by atoms with Crippen LogP contribution in [0.15, 0.2) is 48.7 Å². The highest BCUT2D eigenvalue weighted by atomic mass is 35.5. The van der Waals surface area contributed by atoms with Crippen LogP contribution in [-0.2, 0) is 0 Å². The number of rotatable bonds is 3. The number of urea groups is 1. The van der Waals surface area contributed by atoms with Crippen LogP contribution < -0.4 is 15.5 Å². The quantitative estimate of drug-likeness (QED) is 0.914. The third-order valence-corrected chi connectivity index (χ3v) is 3.81. The van der Waals surface area contributed by atoms with Crippen molar-refractivity contribution < 1.29 is 4.79 Å². The van der Waals surface area contributed by atoms with E-state index < -0.39 is 0 Å². The first-order chi connectivity index (χ1) is 10.7. The van der Waals surface area contributed by atoms with Crippen molar-refractivity contribution in [1.82, 2.24) is 10.3 Å². The smallest absolute Gasteiger partial charge is 0.319 e. The number of carbonyl (C=O) groups is 1. The molecule has 1 aromatic heterocycles. The van der Waals surface area contributed by atoms with E-state index in [1.165, 1.54) is 0 Å². The van der Waals surface area contributed by atoms with Crippen LogP contribution >= 0.6 is 11.6 Å². The number of halogens is 1. The van der Waals surface area contributed by atoms with Crippen molar-refractivity contribution in [2.45, 2.75) is 12.5 Å². The molecule has 0 bridgehead atoms. The highest BCUT2D eigenvalue weighted by Crippen LogP contribution is 2.18. The molecular weight excluding hydrogens is 300 g/mol. The van der Waals surface area contributed by atoms with Gasteiger partial charge in [-0.15, -0.1) is 0 Å². The molecule has 114 valence electrons. The normalized spacial score (nSPS) is 17.3. The standard InChI is InChI=1S/C16H17ClN4O/c17-12-4-3-5-13(10-12)19-16(22)20-14-7-9-21(11-14)15-6-1-2-8-18-15/h1-6,8,10,14H,7,9,11H2,(H2,19,20,22). The molecule has 3 rings (SSSR count). The summed E-state index contributed by atoms with van der Waals surface area (Å²) in [6, 6.07) is 12.8. The molecule has 22 heavy (non-hydrogen) atoms. The minimum Gasteiger partial charge on any atom is -0.354 e. The molecule has 2 amide bonds. The molecule has 6 heteroatoms. The first kappa shape index (κ1) is 14.7. The van der Waals surface area contributed by atoms with E-state index in [0.717, 1.165) is 25.3 Å². The lowest BCUT2D eigenvalue weighted by Gasteiger charge is -2.18. The summed E-state index contributed by atoms with van der Waals surface area (Å²) in [5.41, 5.74) is 0.685. The van der Waals surface area contributed by atoms with E-state index in [9.17, 15) is 4.79 Å². The van der Waals surface area contributed by atoms with Gasteiger partial charge in [0.1, 0.15) is 5.82 Å². The van der Waals surface area contributed by atoms with Gasteiger partial charge in [0.25, 0.3) is 0 Å². The Morgan fingerprint density at radius 1 is 1.27 bits per heavy atom. The van der Waals surface area contributed by atoms with Gasteiger partial charge in [-0.2, -0.15) is 0 Å². The zero-order valence-electron chi connectivity index (χ0n) is 12.0. The molecule has 1 aliphatic rings. The lowest BCUT2D eigenvalue weighted by molar-refractivity contribution is 0.249. The van der Waals surface area contributed by atoms with Gasteiger partial charge in [-0.3, -0.25) is 0 Å². The average molecular weight is 317 g/mol. The Bertz CT molecular complexity index is 650. The molecule has 2 heterocycles. The summed E-state index contributed by atoms with van der Waals surface area (Å²) in [6.45, 7) is 1.65. The molecule has 1 unspecified atom stereocenters. The third-order valence-electron chi connectivity index (χ3n) is 3.58. The first-order valence-corrected chi connectivity index (χ1v) is 7.57. The van der Waals surface area contributed by atoms with Gasteiger partial charge in [0.15, 0.2) is 0 Å². The summed E-state index contributed by atoms with van der Waals surface area (Å²) in [5.74, 6) is 0.946. The second-order valence-corrected chi connectivity index (χ2v) is 5.66. The SMILES string of the molecule is O=C(Nc1cccc(Cl)c1)NC1CCN(c2ccccn2)C1. The molecule has 1 saturated heterocycles. The van der Waals surface area contributed by atoms with Crippen molar-refractivity contribution in [3.63, 3.8) is 0 Å². The predicted molar refractivity (Wildman–Crippen MR) is 88.5 cm³/mol. The maximum atomic E-state index is 12.0. The zero-order valence-corrected chi connectivity index (χ0v) is 12.8. The minimum absolute atomic E-state index is 0.112. The molecule has 2 N–H and O–H groups in total. The Balaban J connectivity index is 1.53. The zero-order chi connectivity index (χ0) is 15.4. The molecule has 1 aliphatic heterocycles. The Morgan fingerprint density at radius 3 is 2.95 bits per heavy atom. The van der Waals surface area contributed by atoms with Gasteiger partial charge in [-0.05, 0) is 36.8 Å². The summed E-state index contributed by atoms with van der Waals surface area (Å²) in [7, 11) is 0. The topological polar surface area (TPSA) is 57.3 Å². The molecule has 2 aromatic rings. The number of hydrogen-bond acceptors (Lipinski definition) is 3. The van der Waals surface area contributed by atoms with E-state index in [0.29, 0.717) is 10.7 Å². The van der Waals surface area contributed by atoms with Crippen LogP contribution in [0.25, 0.3) is 0 Å². The van der Waals surface area contributed by atoms with Gasteiger partial charge in [0.2, 0.25) is 0 Å². The van der Waals surface area contributed by atoms with E-state index in [2.05, 4.69) is 20.5 Å². The van der Waals surface area contributed by atoms with E-state index in [1.807, 2.05) is 18.2 Å². The molecule has 0 spiro atoms. The molecule has 5 nitrogen and oxygen atoms in total. The Hall–Kier alpha value is -2.27. The van der Waals surface area contributed by atoms with Crippen molar-refractivity contribution in [2.75, 3.05) is 23.3 Å². The lowest BCUT2D eigenvalue weighted by Crippen LogP contribution is -2.39. The van der Waals surface area contributed by atoms with Crippen LogP contribution in [0.3, 0.4) is 0 Å². The number of pyridine rings is 1. The van der Waals surface area contributed by atoms with Gasteiger partial charge in [-0.1, -0.05) is 23.7 Å². The number of amides is 2. The molecule has 0 radical (unpaired) electrons. The molecule has 1 aromatic carbocycles. The molecule has 1 fully saturated rings. The second kappa shape index (κ2) is 6.66. The van der Waals surface area contributed by atoms with Crippen molar-refractivity contribution in [1.29, 1.82) is 0 Å². The van der Waals surface area contributed by atoms with Crippen molar-refractivity contribution in [3.05, 3.63) is 53.7 Å². The largest absolute Gasteiger partial charge is 0.354 e. The van der Waals surface area contributed by atoms with Gasteiger partial charge < -0.3 is 15.5 Å². The van der Waals surface area contributed by atoms with Crippen LogP contribution in [-0.4, -0.2) is 30.1 Å². The van der Waals surface area contributed by atoms with Gasteiger partial charge >= 0.3 is 6.03 Å². The second-order valence-electron chi connectivity index (χ2n) is 5.23. The lowest BCUT2D eigenvalue weighted by atomic mass is 10.3. The van der Waals surface area contributed by atoms with Crippen LogP contribution in [0.1, 0.15) is 6.42 Å². The molecule has 0 aliphatic carbocycles. The van der Waals surface area contributed by atoms with Gasteiger partial charge in [0.05, 0.1) is 0 Å². The highest BCUT2D eigenvalue weighted by molar-refractivity contribution is 6.30. The van der Waals surface area contributed by atoms with Crippen molar-refractivity contribution >= 4 is 29.1 Å². The Labute approximate surface area is 134 Å². The summed E-state index contributed by atoms with van der Waals surface area (Å²) in [4.78, 5) is 18.5.